The normalized spacial score (nSPS) is 18.5. The zero-order valence-electron chi connectivity index (χ0n) is 9.52. The molecule has 0 amide bonds. The molecule has 1 aromatic carbocycles. The number of hydrogen-bond donors (Lipinski definition) is 2. The molecule has 2 aromatic rings. The number of nitrogens with two attached hydrogens (primary N) is 1. The maximum Gasteiger partial charge on any atom is 0.132 e. The molecule has 4 heteroatoms. The minimum absolute atomic E-state index is 0.404. The van der Waals surface area contributed by atoms with E-state index in [9.17, 15) is 0 Å². The quantitative estimate of drug-likeness (QED) is 0.826. The molecule has 2 heterocycles. The largest absolute Gasteiger partial charge is 0.493 e. The lowest BCUT2D eigenvalue weighted by molar-refractivity contribution is 0.270. The fourth-order valence-electron chi connectivity index (χ4n) is 2.36. The van der Waals surface area contributed by atoms with Crippen molar-refractivity contribution in [3.8, 4) is 17.0 Å². The Morgan fingerprint density at radius 2 is 2.41 bits per heavy atom. The van der Waals surface area contributed by atoms with Gasteiger partial charge in [-0.3, -0.25) is 0 Å². The third-order valence-electron chi connectivity index (χ3n) is 3.27. The maximum absolute atomic E-state index is 5.81. The molecular formula is C13H15N3O. The molecule has 3 rings (SSSR count). The van der Waals surface area contributed by atoms with E-state index in [0.29, 0.717) is 12.5 Å². The number of benzene rings is 1. The fraction of sp³-hybridized carbons (Fsp3) is 0.308. The van der Waals surface area contributed by atoms with E-state index in [1.54, 1.807) is 6.33 Å². The number of nitrogens with zero attached hydrogens (tertiary/aromatic N) is 1. The zero-order chi connectivity index (χ0) is 11.7. The van der Waals surface area contributed by atoms with Crippen LogP contribution in [0.25, 0.3) is 11.3 Å². The Morgan fingerprint density at radius 1 is 1.47 bits per heavy atom. The lowest BCUT2D eigenvalue weighted by Crippen LogP contribution is -2.21. The molecule has 0 fully saturated rings. The second kappa shape index (κ2) is 4.22. The van der Waals surface area contributed by atoms with Gasteiger partial charge < -0.3 is 15.5 Å². The average molecular weight is 229 g/mol. The van der Waals surface area contributed by atoms with Crippen LogP contribution in [0.1, 0.15) is 17.9 Å². The van der Waals surface area contributed by atoms with E-state index in [0.717, 1.165) is 30.0 Å². The van der Waals surface area contributed by atoms with Crippen molar-refractivity contribution in [2.45, 2.75) is 12.3 Å². The van der Waals surface area contributed by atoms with Crippen molar-refractivity contribution in [2.75, 3.05) is 13.2 Å². The first-order valence-electron chi connectivity index (χ1n) is 5.84. The van der Waals surface area contributed by atoms with Gasteiger partial charge in [0.1, 0.15) is 5.75 Å². The van der Waals surface area contributed by atoms with Crippen LogP contribution in [-0.4, -0.2) is 23.1 Å². The predicted octanol–water partition coefficient (Wildman–Crippen LogP) is 1.90. The average Bonchev–Trinajstić information content (AvgIpc) is 2.91. The molecule has 1 aromatic heterocycles. The Hall–Kier alpha value is -1.81. The van der Waals surface area contributed by atoms with Crippen LogP contribution in [0.3, 0.4) is 0 Å². The van der Waals surface area contributed by atoms with E-state index in [4.69, 9.17) is 10.5 Å². The standard InChI is InChI=1S/C13H15N3O/c14-6-9-4-5-17-13-10(9)2-1-3-11(13)12-7-15-8-16-12/h1-3,7-9H,4-6,14H2,(H,15,16)/t9-/m0/s1. The number of aromatic nitrogens is 2. The molecular weight excluding hydrogens is 214 g/mol. The van der Waals surface area contributed by atoms with Gasteiger partial charge in [0.15, 0.2) is 0 Å². The maximum atomic E-state index is 5.81. The van der Waals surface area contributed by atoms with Gasteiger partial charge in [-0.15, -0.1) is 0 Å². The first kappa shape index (κ1) is 10.4. The highest BCUT2D eigenvalue weighted by molar-refractivity contribution is 5.69. The number of ether oxygens (including phenoxy) is 1. The van der Waals surface area contributed by atoms with Crippen molar-refractivity contribution in [1.29, 1.82) is 0 Å². The minimum atomic E-state index is 0.404. The summed E-state index contributed by atoms with van der Waals surface area (Å²) in [5.74, 6) is 1.36. The second-order valence-electron chi connectivity index (χ2n) is 4.26. The van der Waals surface area contributed by atoms with Crippen molar-refractivity contribution in [1.82, 2.24) is 9.97 Å². The number of para-hydroxylation sites is 1. The third kappa shape index (κ3) is 1.70. The van der Waals surface area contributed by atoms with Gasteiger partial charge in [-0.25, -0.2) is 4.98 Å². The predicted molar refractivity (Wildman–Crippen MR) is 65.9 cm³/mol. The number of H-pyrrole nitrogens is 1. The van der Waals surface area contributed by atoms with Gasteiger partial charge in [0.2, 0.25) is 0 Å². The van der Waals surface area contributed by atoms with Crippen molar-refractivity contribution < 1.29 is 4.74 Å². The number of imidazole rings is 1. The zero-order valence-corrected chi connectivity index (χ0v) is 9.52. The highest BCUT2D eigenvalue weighted by Gasteiger charge is 2.23. The van der Waals surface area contributed by atoms with E-state index in [-0.39, 0.29) is 0 Å². The topological polar surface area (TPSA) is 63.9 Å². The highest BCUT2D eigenvalue weighted by Crippen LogP contribution is 2.39. The summed E-state index contributed by atoms with van der Waals surface area (Å²) in [4.78, 5) is 7.16. The number of hydrogen-bond acceptors (Lipinski definition) is 3. The van der Waals surface area contributed by atoms with Gasteiger partial charge in [0.05, 0.1) is 24.8 Å². The molecule has 0 unspecified atom stereocenters. The number of fused-ring (bicyclic) bond motifs is 1. The van der Waals surface area contributed by atoms with Crippen LogP contribution < -0.4 is 10.5 Å². The molecule has 17 heavy (non-hydrogen) atoms. The first-order valence-corrected chi connectivity index (χ1v) is 5.84. The Labute approximate surface area is 99.8 Å². The van der Waals surface area contributed by atoms with E-state index < -0.39 is 0 Å². The first-order chi connectivity index (χ1) is 8.40. The molecule has 1 aliphatic heterocycles. The van der Waals surface area contributed by atoms with Crippen LogP contribution in [0.5, 0.6) is 5.75 Å². The molecule has 0 spiro atoms. The summed E-state index contributed by atoms with van der Waals surface area (Å²) in [7, 11) is 0. The van der Waals surface area contributed by atoms with Gasteiger partial charge in [-0.1, -0.05) is 12.1 Å². The second-order valence-corrected chi connectivity index (χ2v) is 4.26. The summed E-state index contributed by atoms with van der Waals surface area (Å²) in [5, 5.41) is 0. The molecule has 1 aliphatic rings. The third-order valence-corrected chi connectivity index (χ3v) is 3.27. The van der Waals surface area contributed by atoms with Crippen LogP contribution in [0.2, 0.25) is 0 Å². The monoisotopic (exact) mass is 229 g/mol. The van der Waals surface area contributed by atoms with Crippen LogP contribution >= 0.6 is 0 Å². The van der Waals surface area contributed by atoms with Crippen molar-refractivity contribution >= 4 is 0 Å². The summed E-state index contributed by atoms with van der Waals surface area (Å²) < 4.78 is 5.81. The van der Waals surface area contributed by atoms with Crippen LogP contribution in [0, 0.1) is 0 Å². The lowest BCUT2D eigenvalue weighted by atomic mass is 9.91. The van der Waals surface area contributed by atoms with Gasteiger partial charge in [-0.05, 0) is 24.6 Å². The molecule has 88 valence electrons. The summed E-state index contributed by atoms with van der Waals surface area (Å²) >= 11 is 0. The van der Waals surface area contributed by atoms with Crippen molar-refractivity contribution in [3.05, 3.63) is 36.3 Å². The molecule has 1 atom stereocenters. The molecule has 0 aliphatic carbocycles. The Kier molecular flexibility index (Phi) is 2.57. The van der Waals surface area contributed by atoms with E-state index in [1.165, 1.54) is 5.56 Å². The Bertz CT molecular complexity index is 507. The van der Waals surface area contributed by atoms with Crippen LogP contribution in [-0.2, 0) is 0 Å². The van der Waals surface area contributed by atoms with Crippen LogP contribution in [0.15, 0.2) is 30.7 Å². The summed E-state index contributed by atoms with van der Waals surface area (Å²) in [5.41, 5.74) is 9.08. The van der Waals surface area contributed by atoms with E-state index >= 15 is 0 Å². The van der Waals surface area contributed by atoms with Gasteiger partial charge in [-0.2, -0.15) is 0 Å². The molecule has 0 saturated carbocycles. The molecule has 0 saturated heterocycles. The SMILES string of the molecule is NC[C@@H]1CCOc2c(-c3cnc[nH]3)cccc21. The van der Waals surface area contributed by atoms with Gasteiger partial charge in [0.25, 0.3) is 0 Å². The Balaban J connectivity index is 2.12. The van der Waals surface area contributed by atoms with E-state index in [1.807, 2.05) is 18.3 Å². The Morgan fingerprint density at radius 3 is 3.18 bits per heavy atom. The fourth-order valence-corrected chi connectivity index (χ4v) is 2.36. The highest BCUT2D eigenvalue weighted by atomic mass is 16.5. The molecule has 3 N–H and O–H groups in total. The number of aromatic amines is 1. The van der Waals surface area contributed by atoms with Crippen molar-refractivity contribution in [3.63, 3.8) is 0 Å². The van der Waals surface area contributed by atoms with Gasteiger partial charge >= 0.3 is 0 Å². The summed E-state index contributed by atoms with van der Waals surface area (Å²) in [6.45, 7) is 1.41. The smallest absolute Gasteiger partial charge is 0.132 e. The summed E-state index contributed by atoms with van der Waals surface area (Å²) in [6, 6.07) is 6.20. The van der Waals surface area contributed by atoms with Crippen molar-refractivity contribution in [2.24, 2.45) is 5.73 Å². The van der Waals surface area contributed by atoms with Gasteiger partial charge in [0, 0.05) is 11.5 Å². The lowest BCUT2D eigenvalue weighted by Gasteiger charge is -2.26. The minimum Gasteiger partial charge on any atom is -0.493 e. The molecule has 4 nitrogen and oxygen atoms in total. The summed E-state index contributed by atoms with van der Waals surface area (Å²) in [6.07, 6.45) is 4.49. The number of nitrogens with one attached hydrogen (secondary N) is 1. The van der Waals surface area contributed by atoms with E-state index in [2.05, 4.69) is 16.0 Å². The number of rotatable bonds is 2. The van der Waals surface area contributed by atoms with Crippen LogP contribution in [0.4, 0.5) is 0 Å². The molecule has 0 radical (unpaired) electrons. The molecule has 0 bridgehead atoms.